The van der Waals surface area contributed by atoms with E-state index in [2.05, 4.69) is 0 Å². The molecule has 2 rings (SSSR count). The third-order valence-corrected chi connectivity index (χ3v) is 3.48. The fourth-order valence-electron chi connectivity index (χ4n) is 1.57. The highest BCUT2D eigenvalue weighted by molar-refractivity contribution is 7.12. The average molecular weight is 292 g/mol. The van der Waals surface area contributed by atoms with E-state index in [0.717, 1.165) is 0 Å². The monoisotopic (exact) mass is 292 g/mol. The molecule has 0 aliphatic carbocycles. The van der Waals surface area contributed by atoms with Gasteiger partial charge in [-0.2, -0.15) is 0 Å². The van der Waals surface area contributed by atoms with Gasteiger partial charge in [-0.3, -0.25) is 4.79 Å². The maximum atomic E-state index is 11.8. The molecule has 0 saturated heterocycles. The Morgan fingerprint density at radius 2 is 2.05 bits per heavy atom. The molecule has 0 amide bonds. The van der Waals surface area contributed by atoms with Crippen LogP contribution < -0.4 is 9.47 Å². The first-order chi connectivity index (χ1) is 9.61. The minimum atomic E-state index is -1.05. The predicted octanol–water partition coefficient (Wildman–Crippen LogP) is 2.72. The fourth-order valence-corrected chi connectivity index (χ4v) is 2.22. The van der Waals surface area contributed by atoms with Crippen LogP contribution in [0.25, 0.3) is 0 Å². The van der Waals surface area contributed by atoms with Crippen molar-refractivity contribution in [2.45, 2.75) is 0 Å². The molecule has 0 fully saturated rings. The van der Waals surface area contributed by atoms with Gasteiger partial charge in [-0.15, -0.1) is 11.3 Å². The number of ketones is 1. The summed E-state index contributed by atoms with van der Waals surface area (Å²) in [4.78, 5) is 23.3. The van der Waals surface area contributed by atoms with Crippen LogP contribution in [0.15, 0.2) is 35.7 Å². The number of carboxylic acids is 1. The van der Waals surface area contributed by atoms with Crippen LogP contribution in [-0.4, -0.2) is 30.6 Å². The molecule has 2 aromatic rings. The van der Waals surface area contributed by atoms with E-state index in [4.69, 9.17) is 14.6 Å². The summed E-state index contributed by atoms with van der Waals surface area (Å²) in [6.07, 6.45) is 0. The summed E-state index contributed by atoms with van der Waals surface area (Å²) < 4.78 is 10.4. The van der Waals surface area contributed by atoms with E-state index in [1.54, 1.807) is 12.1 Å². The van der Waals surface area contributed by atoms with Crippen molar-refractivity contribution in [2.24, 2.45) is 0 Å². The molecule has 1 aromatic heterocycles. The zero-order chi connectivity index (χ0) is 14.5. The van der Waals surface area contributed by atoms with Crippen molar-refractivity contribution in [3.63, 3.8) is 0 Å². The van der Waals surface area contributed by atoms with E-state index in [9.17, 15) is 9.59 Å². The molecule has 6 heteroatoms. The van der Waals surface area contributed by atoms with Gasteiger partial charge < -0.3 is 14.6 Å². The summed E-state index contributed by atoms with van der Waals surface area (Å²) in [6.45, 7) is -0.122. The van der Waals surface area contributed by atoms with Crippen LogP contribution in [-0.2, 0) is 0 Å². The number of carboxylic acid groups (broad SMARTS) is 1. The number of methoxy groups -OCH3 is 1. The van der Waals surface area contributed by atoms with Gasteiger partial charge in [-0.25, -0.2) is 4.79 Å². The zero-order valence-electron chi connectivity index (χ0n) is 10.7. The lowest BCUT2D eigenvalue weighted by Gasteiger charge is -2.10. The van der Waals surface area contributed by atoms with Crippen molar-refractivity contribution in [1.82, 2.24) is 0 Å². The maximum absolute atomic E-state index is 11.8. The number of hydrogen-bond acceptors (Lipinski definition) is 5. The Kier molecular flexibility index (Phi) is 4.37. The summed E-state index contributed by atoms with van der Waals surface area (Å²) in [7, 11) is 1.41. The molecule has 1 N–H and O–H groups in total. The Morgan fingerprint density at radius 3 is 2.65 bits per heavy atom. The molecule has 1 aromatic carbocycles. The number of carbonyl (C=O) groups is 2. The van der Waals surface area contributed by atoms with Gasteiger partial charge >= 0.3 is 5.97 Å². The van der Waals surface area contributed by atoms with Crippen molar-refractivity contribution >= 4 is 23.1 Å². The molecular weight excluding hydrogens is 280 g/mol. The molecule has 1 heterocycles. The maximum Gasteiger partial charge on any atom is 0.335 e. The molecule has 0 atom stereocenters. The number of aromatic carboxylic acids is 1. The van der Waals surface area contributed by atoms with E-state index in [1.165, 1.54) is 36.6 Å². The van der Waals surface area contributed by atoms with Crippen molar-refractivity contribution in [3.05, 3.63) is 46.2 Å². The third kappa shape index (κ3) is 3.16. The highest BCUT2D eigenvalue weighted by Crippen LogP contribution is 2.28. The van der Waals surface area contributed by atoms with E-state index < -0.39 is 5.97 Å². The number of ether oxygens (including phenoxy) is 2. The molecular formula is C14H12O5S. The van der Waals surface area contributed by atoms with Gasteiger partial charge in [0.1, 0.15) is 0 Å². The summed E-state index contributed by atoms with van der Waals surface area (Å²) in [5, 5.41) is 10.7. The number of hydrogen-bond donors (Lipinski definition) is 1. The fraction of sp³-hybridized carbons (Fsp3) is 0.143. The van der Waals surface area contributed by atoms with Gasteiger partial charge in [0.15, 0.2) is 18.1 Å². The number of Topliss-reactive ketones (excluding diaryl/α,β-unsaturated/α-hetero) is 1. The third-order valence-electron chi connectivity index (χ3n) is 2.57. The second kappa shape index (κ2) is 6.21. The molecule has 0 radical (unpaired) electrons. The molecule has 0 aliphatic rings. The van der Waals surface area contributed by atoms with Crippen molar-refractivity contribution in [1.29, 1.82) is 0 Å². The number of carbonyl (C=O) groups excluding carboxylic acids is 1. The van der Waals surface area contributed by atoms with Gasteiger partial charge in [0, 0.05) is 0 Å². The topological polar surface area (TPSA) is 72.8 Å². The first-order valence-corrected chi connectivity index (χ1v) is 6.60. The lowest BCUT2D eigenvalue weighted by molar-refractivity contribution is 0.0695. The Morgan fingerprint density at radius 1 is 1.25 bits per heavy atom. The molecule has 5 nitrogen and oxygen atoms in total. The highest BCUT2D eigenvalue weighted by Gasteiger charge is 2.12. The summed E-state index contributed by atoms with van der Waals surface area (Å²) >= 11 is 1.34. The van der Waals surface area contributed by atoms with Gasteiger partial charge in [-0.05, 0) is 29.6 Å². The zero-order valence-corrected chi connectivity index (χ0v) is 11.5. The molecule has 20 heavy (non-hydrogen) atoms. The molecule has 0 spiro atoms. The second-order valence-electron chi connectivity index (χ2n) is 3.86. The van der Waals surface area contributed by atoms with E-state index in [-0.39, 0.29) is 23.7 Å². The van der Waals surface area contributed by atoms with E-state index in [1.807, 2.05) is 5.38 Å². The Hall–Kier alpha value is -2.34. The highest BCUT2D eigenvalue weighted by atomic mass is 32.1. The van der Waals surface area contributed by atoms with Crippen LogP contribution in [0, 0.1) is 0 Å². The summed E-state index contributed by atoms with van der Waals surface area (Å²) in [5.41, 5.74) is 0.0961. The van der Waals surface area contributed by atoms with Gasteiger partial charge in [0.05, 0.1) is 17.6 Å². The van der Waals surface area contributed by atoms with Crippen molar-refractivity contribution in [3.8, 4) is 11.5 Å². The van der Waals surface area contributed by atoms with Gasteiger partial charge in [0.2, 0.25) is 5.78 Å². The average Bonchev–Trinajstić information content (AvgIpc) is 2.98. The second-order valence-corrected chi connectivity index (χ2v) is 4.81. The lowest BCUT2D eigenvalue weighted by Crippen LogP contribution is -2.11. The molecule has 0 unspecified atom stereocenters. The minimum Gasteiger partial charge on any atom is -0.493 e. The van der Waals surface area contributed by atoms with Crippen LogP contribution in [0.3, 0.4) is 0 Å². The Bertz CT molecular complexity index is 618. The van der Waals surface area contributed by atoms with Crippen LogP contribution in [0.2, 0.25) is 0 Å². The summed E-state index contributed by atoms with van der Waals surface area (Å²) in [6, 6.07) is 7.74. The van der Waals surface area contributed by atoms with Crippen molar-refractivity contribution < 1.29 is 24.2 Å². The normalized spacial score (nSPS) is 10.1. The van der Waals surface area contributed by atoms with Crippen molar-refractivity contribution in [2.75, 3.05) is 13.7 Å². The standard InChI is InChI=1S/C14H12O5S/c1-18-12-7-9(14(16)17)4-5-11(12)19-8-10(15)13-3-2-6-20-13/h2-7H,8H2,1H3,(H,16,17). The summed E-state index contributed by atoms with van der Waals surface area (Å²) in [5.74, 6) is -0.569. The quantitative estimate of drug-likeness (QED) is 0.829. The number of thiophene rings is 1. The van der Waals surface area contributed by atoms with E-state index >= 15 is 0 Å². The minimum absolute atomic E-state index is 0.0961. The first-order valence-electron chi connectivity index (χ1n) is 5.72. The predicted molar refractivity (Wildman–Crippen MR) is 74.1 cm³/mol. The molecule has 104 valence electrons. The largest absolute Gasteiger partial charge is 0.493 e. The van der Waals surface area contributed by atoms with Crippen LogP contribution >= 0.6 is 11.3 Å². The van der Waals surface area contributed by atoms with Gasteiger partial charge in [-0.1, -0.05) is 6.07 Å². The lowest BCUT2D eigenvalue weighted by atomic mass is 10.2. The number of benzene rings is 1. The first kappa shape index (κ1) is 14.1. The molecule has 0 saturated carbocycles. The molecule has 0 aliphatic heterocycles. The van der Waals surface area contributed by atoms with Crippen LogP contribution in [0.5, 0.6) is 11.5 Å². The Balaban J connectivity index is 2.09. The van der Waals surface area contributed by atoms with Crippen LogP contribution in [0.4, 0.5) is 0 Å². The van der Waals surface area contributed by atoms with Crippen LogP contribution in [0.1, 0.15) is 20.0 Å². The Labute approximate surface area is 119 Å². The number of rotatable bonds is 6. The SMILES string of the molecule is COc1cc(C(=O)O)ccc1OCC(=O)c1cccs1. The smallest absolute Gasteiger partial charge is 0.335 e. The van der Waals surface area contributed by atoms with Gasteiger partial charge in [0.25, 0.3) is 0 Å². The van der Waals surface area contributed by atoms with E-state index in [0.29, 0.717) is 10.6 Å². The molecule has 0 bridgehead atoms.